The molecule has 2 heterocycles. The second-order valence-corrected chi connectivity index (χ2v) is 7.35. The molecular formula is C17H21BrN2S. The normalized spacial score (nSPS) is 14.3. The molecule has 0 saturated heterocycles. The number of halogens is 1. The third-order valence-corrected chi connectivity index (χ3v) is 5.71. The Bertz CT molecular complexity index is 609. The number of benzene rings is 1. The minimum absolute atomic E-state index is 0.934. The average Bonchev–Trinajstić information content (AvgIpc) is 2.96. The van der Waals surface area contributed by atoms with Gasteiger partial charge in [0.05, 0.1) is 0 Å². The molecule has 0 saturated carbocycles. The summed E-state index contributed by atoms with van der Waals surface area (Å²) < 4.78 is 1.21. The molecule has 0 atom stereocenters. The molecule has 2 nitrogen and oxygen atoms in total. The molecule has 1 aliphatic heterocycles. The van der Waals surface area contributed by atoms with Crippen LogP contribution in [0.3, 0.4) is 0 Å². The SMILES string of the molecule is CCCNCc1ccc(N2CCc3sccc3C2)cc1Br. The number of hydrogen-bond acceptors (Lipinski definition) is 3. The maximum absolute atomic E-state index is 3.73. The summed E-state index contributed by atoms with van der Waals surface area (Å²) in [7, 11) is 0. The highest BCUT2D eigenvalue weighted by atomic mass is 79.9. The Morgan fingerprint density at radius 1 is 1.33 bits per heavy atom. The van der Waals surface area contributed by atoms with E-state index in [0.717, 1.165) is 26.2 Å². The van der Waals surface area contributed by atoms with Gasteiger partial charge in [0.2, 0.25) is 0 Å². The Kier molecular flexibility index (Phi) is 4.99. The standard InChI is InChI=1S/C17H21BrN2S/c1-2-7-19-11-13-3-4-15(10-16(13)18)20-8-5-17-14(12-20)6-9-21-17/h3-4,6,9-10,19H,2,5,7-8,11-12H2,1H3. The minimum atomic E-state index is 0.934. The van der Waals surface area contributed by atoms with Crippen LogP contribution < -0.4 is 10.2 Å². The number of nitrogens with zero attached hydrogens (tertiary/aromatic N) is 1. The summed E-state index contributed by atoms with van der Waals surface area (Å²) in [4.78, 5) is 4.04. The largest absolute Gasteiger partial charge is 0.367 e. The van der Waals surface area contributed by atoms with Gasteiger partial charge in [0.15, 0.2) is 0 Å². The lowest BCUT2D eigenvalue weighted by atomic mass is 10.1. The maximum Gasteiger partial charge on any atom is 0.0440 e. The molecule has 1 aromatic carbocycles. The van der Waals surface area contributed by atoms with Crippen LogP contribution in [0.25, 0.3) is 0 Å². The Morgan fingerprint density at radius 2 is 2.24 bits per heavy atom. The lowest BCUT2D eigenvalue weighted by Crippen LogP contribution is -2.29. The van der Waals surface area contributed by atoms with Crippen LogP contribution in [-0.4, -0.2) is 13.1 Å². The van der Waals surface area contributed by atoms with E-state index in [9.17, 15) is 0 Å². The lowest BCUT2D eigenvalue weighted by molar-refractivity contribution is 0.673. The molecule has 3 rings (SSSR count). The van der Waals surface area contributed by atoms with Crippen LogP contribution in [0.5, 0.6) is 0 Å². The lowest BCUT2D eigenvalue weighted by Gasteiger charge is -2.29. The zero-order valence-electron chi connectivity index (χ0n) is 12.4. The van der Waals surface area contributed by atoms with Crippen LogP contribution >= 0.6 is 27.3 Å². The van der Waals surface area contributed by atoms with Gasteiger partial charge in [0.25, 0.3) is 0 Å². The highest BCUT2D eigenvalue weighted by molar-refractivity contribution is 9.10. The number of hydrogen-bond donors (Lipinski definition) is 1. The smallest absolute Gasteiger partial charge is 0.0440 e. The highest BCUT2D eigenvalue weighted by Crippen LogP contribution is 2.30. The molecule has 4 heteroatoms. The van der Waals surface area contributed by atoms with Gasteiger partial charge < -0.3 is 10.2 Å². The molecular weight excluding hydrogens is 344 g/mol. The van der Waals surface area contributed by atoms with E-state index in [0.29, 0.717) is 0 Å². The van der Waals surface area contributed by atoms with Crippen LogP contribution in [0.1, 0.15) is 29.3 Å². The predicted octanol–water partition coefficient (Wildman–Crippen LogP) is 4.57. The van der Waals surface area contributed by atoms with E-state index in [4.69, 9.17) is 0 Å². The third-order valence-electron chi connectivity index (χ3n) is 3.95. The van der Waals surface area contributed by atoms with E-state index < -0.39 is 0 Å². The predicted molar refractivity (Wildman–Crippen MR) is 95.2 cm³/mol. The fourth-order valence-electron chi connectivity index (χ4n) is 2.74. The Labute approximate surface area is 139 Å². The fraction of sp³-hybridized carbons (Fsp3) is 0.412. The quantitative estimate of drug-likeness (QED) is 0.781. The zero-order chi connectivity index (χ0) is 14.7. The van der Waals surface area contributed by atoms with Gasteiger partial charge in [-0.3, -0.25) is 0 Å². The van der Waals surface area contributed by atoms with Gasteiger partial charge in [-0.1, -0.05) is 28.9 Å². The van der Waals surface area contributed by atoms with Gasteiger partial charge in [0.1, 0.15) is 0 Å². The van der Waals surface area contributed by atoms with Crippen molar-refractivity contribution in [2.75, 3.05) is 18.0 Å². The van der Waals surface area contributed by atoms with Gasteiger partial charge >= 0.3 is 0 Å². The molecule has 0 amide bonds. The van der Waals surface area contributed by atoms with Gasteiger partial charge in [0, 0.05) is 34.7 Å². The van der Waals surface area contributed by atoms with Crippen LogP contribution in [0.4, 0.5) is 5.69 Å². The van der Waals surface area contributed by atoms with Crippen LogP contribution in [0.2, 0.25) is 0 Å². The third kappa shape index (κ3) is 3.50. The number of anilines is 1. The topological polar surface area (TPSA) is 15.3 Å². The number of fused-ring (bicyclic) bond motifs is 1. The van der Waals surface area contributed by atoms with Crippen LogP contribution in [0, 0.1) is 0 Å². The molecule has 2 aromatic rings. The first-order valence-electron chi connectivity index (χ1n) is 7.57. The van der Waals surface area contributed by atoms with E-state index in [1.54, 1.807) is 4.88 Å². The van der Waals surface area contributed by atoms with Crippen molar-refractivity contribution in [1.29, 1.82) is 0 Å². The Morgan fingerprint density at radius 3 is 3.05 bits per heavy atom. The second-order valence-electron chi connectivity index (χ2n) is 5.49. The maximum atomic E-state index is 3.73. The van der Waals surface area contributed by atoms with Crippen molar-refractivity contribution in [3.05, 3.63) is 50.1 Å². The molecule has 0 aliphatic carbocycles. The van der Waals surface area contributed by atoms with Crippen molar-refractivity contribution in [1.82, 2.24) is 5.32 Å². The van der Waals surface area contributed by atoms with E-state index in [2.05, 4.69) is 62.7 Å². The molecule has 0 unspecified atom stereocenters. The molecule has 0 bridgehead atoms. The Balaban J connectivity index is 1.71. The number of nitrogens with one attached hydrogen (secondary N) is 1. The Hall–Kier alpha value is -0.840. The van der Waals surface area contributed by atoms with Crippen molar-refractivity contribution in [3.63, 3.8) is 0 Å². The van der Waals surface area contributed by atoms with E-state index in [1.807, 2.05) is 11.3 Å². The molecule has 0 spiro atoms. The monoisotopic (exact) mass is 364 g/mol. The van der Waals surface area contributed by atoms with Crippen LogP contribution in [-0.2, 0) is 19.5 Å². The number of thiophene rings is 1. The number of rotatable bonds is 5. The van der Waals surface area contributed by atoms with Crippen molar-refractivity contribution in [2.45, 2.75) is 32.9 Å². The summed E-state index contributed by atoms with van der Waals surface area (Å²) >= 11 is 5.62. The second kappa shape index (κ2) is 6.95. The van der Waals surface area contributed by atoms with Crippen molar-refractivity contribution < 1.29 is 0 Å². The van der Waals surface area contributed by atoms with Crippen molar-refractivity contribution in [3.8, 4) is 0 Å². The summed E-state index contributed by atoms with van der Waals surface area (Å²) in [6.07, 6.45) is 2.34. The van der Waals surface area contributed by atoms with Gasteiger partial charge in [-0.2, -0.15) is 0 Å². The van der Waals surface area contributed by atoms with Gasteiger partial charge in [-0.15, -0.1) is 11.3 Å². The van der Waals surface area contributed by atoms with E-state index >= 15 is 0 Å². The highest BCUT2D eigenvalue weighted by Gasteiger charge is 2.17. The summed E-state index contributed by atoms with van der Waals surface area (Å²) in [5, 5.41) is 5.67. The van der Waals surface area contributed by atoms with Crippen molar-refractivity contribution in [2.24, 2.45) is 0 Å². The first-order valence-corrected chi connectivity index (χ1v) is 9.24. The minimum Gasteiger partial charge on any atom is -0.367 e. The molecule has 0 radical (unpaired) electrons. The fourth-order valence-corrected chi connectivity index (χ4v) is 4.14. The first kappa shape index (κ1) is 15.1. The van der Waals surface area contributed by atoms with Crippen molar-refractivity contribution >= 4 is 33.0 Å². The van der Waals surface area contributed by atoms with Gasteiger partial charge in [-0.25, -0.2) is 0 Å². The molecule has 1 aliphatic rings. The van der Waals surface area contributed by atoms with E-state index in [-0.39, 0.29) is 0 Å². The summed E-state index contributed by atoms with van der Waals surface area (Å²) in [6.45, 7) is 6.36. The summed E-state index contributed by atoms with van der Waals surface area (Å²) in [6, 6.07) is 9.03. The molecule has 112 valence electrons. The average molecular weight is 365 g/mol. The molecule has 0 fully saturated rings. The summed E-state index contributed by atoms with van der Waals surface area (Å²) in [5.74, 6) is 0. The molecule has 1 aromatic heterocycles. The van der Waals surface area contributed by atoms with E-state index in [1.165, 1.54) is 34.1 Å². The molecule has 21 heavy (non-hydrogen) atoms. The molecule has 1 N–H and O–H groups in total. The van der Waals surface area contributed by atoms with Crippen LogP contribution in [0.15, 0.2) is 34.1 Å². The van der Waals surface area contributed by atoms with Gasteiger partial charge in [-0.05, 0) is 54.1 Å². The zero-order valence-corrected chi connectivity index (χ0v) is 14.8. The first-order chi connectivity index (χ1) is 10.3. The summed E-state index contributed by atoms with van der Waals surface area (Å²) in [5.41, 5.74) is 4.15.